The number of thiocarbonyl (C=S) groups is 1. The molecule has 0 aromatic heterocycles. The fourth-order valence-corrected chi connectivity index (χ4v) is 6.58. The number of hydrogen-bond donors (Lipinski definition) is 0. The Morgan fingerprint density at radius 2 is 1.62 bits per heavy atom. The minimum atomic E-state index is -0.822. The largest absolute Gasteiger partial charge is 0.465 e. The molecule has 0 aliphatic carbocycles. The average Bonchev–Trinajstić information content (AvgIpc) is 3.18. The van der Waals surface area contributed by atoms with Gasteiger partial charge in [-0.2, -0.15) is 0 Å². The number of amides is 1. The molecule has 0 bridgehead atoms. The minimum absolute atomic E-state index is 0.161. The van der Waals surface area contributed by atoms with Crippen molar-refractivity contribution in [1.82, 2.24) is 0 Å². The summed E-state index contributed by atoms with van der Waals surface area (Å²) in [6, 6.07) is 5.80. The van der Waals surface area contributed by atoms with Gasteiger partial charge in [0.15, 0.2) is 0 Å². The predicted molar refractivity (Wildman–Crippen MR) is 133 cm³/mol. The molecule has 2 aliphatic heterocycles. The van der Waals surface area contributed by atoms with Gasteiger partial charge in [0.1, 0.15) is 9.81 Å². The highest BCUT2D eigenvalue weighted by Crippen LogP contribution is 2.56. The van der Waals surface area contributed by atoms with E-state index in [0.717, 1.165) is 40.2 Å². The maximum Gasteiger partial charge on any atom is 0.346 e. The molecule has 168 valence electrons. The van der Waals surface area contributed by atoms with E-state index < -0.39 is 17.5 Å². The molecule has 6 nitrogen and oxygen atoms in total. The van der Waals surface area contributed by atoms with Crippen molar-refractivity contribution >= 4 is 69.7 Å². The number of aryl methyl sites for hydroxylation is 1. The molecule has 0 saturated heterocycles. The first-order valence-electron chi connectivity index (χ1n) is 9.72. The Balaban J connectivity index is 2.27. The van der Waals surface area contributed by atoms with Crippen LogP contribution in [0.1, 0.15) is 31.9 Å². The van der Waals surface area contributed by atoms with Crippen LogP contribution in [-0.4, -0.2) is 42.5 Å². The smallest absolute Gasteiger partial charge is 0.346 e. The standard InChI is InChI=1S/C23H23NO5S3/c1-7-8-15(25)24-14-10-9-12(2)11-13(14)16(19(30)23(24,3)4)22-31-17(20(26)28-5)18(32-22)21(27)29-6/h7-11H,1-6H3/b8-7+. The van der Waals surface area contributed by atoms with E-state index in [4.69, 9.17) is 21.7 Å². The molecule has 1 aromatic carbocycles. The van der Waals surface area contributed by atoms with Crippen molar-refractivity contribution in [2.24, 2.45) is 0 Å². The van der Waals surface area contributed by atoms with Crippen molar-refractivity contribution in [2.75, 3.05) is 19.1 Å². The Morgan fingerprint density at radius 1 is 1.06 bits per heavy atom. The molecule has 0 spiro atoms. The first-order valence-corrected chi connectivity index (χ1v) is 11.8. The highest BCUT2D eigenvalue weighted by molar-refractivity contribution is 8.29. The molecule has 2 aliphatic rings. The first kappa shape index (κ1) is 24.3. The number of fused-ring (bicyclic) bond motifs is 1. The van der Waals surface area contributed by atoms with Crippen molar-refractivity contribution in [3.8, 4) is 0 Å². The van der Waals surface area contributed by atoms with Crippen LogP contribution in [0.2, 0.25) is 0 Å². The van der Waals surface area contributed by atoms with Crippen LogP contribution in [0.4, 0.5) is 5.69 Å². The normalized spacial score (nSPS) is 17.7. The number of esters is 2. The van der Waals surface area contributed by atoms with Crippen LogP contribution >= 0.6 is 35.7 Å². The lowest BCUT2D eigenvalue weighted by molar-refractivity contribution is -0.138. The predicted octanol–water partition coefficient (Wildman–Crippen LogP) is 4.77. The maximum absolute atomic E-state index is 13.0. The summed E-state index contributed by atoms with van der Waals surface area (Å²) in [6.45, 7) is 7.52. The summed E-state index contributed by atoms with van der Waals surface area (Å²) >= 11 is 8.19. The van der Waals surface area contributed by atoms with E-state index in [0.29, 0.717) is 14.8 Å². The summed E-state index contributed by atoms with van der Waals surface area (Å²) in [7, 11) is 2.52. The number of allylic oxidation sites excluding steroid dienone is 1. The highest BCUT2D eigenvalue weighted by Gasteiger charge is 2.45. The van der Waals surface area contributed by atoms with Gasteiger partial charge in [-0.05, 0) is 45.9 Å². The zero-order chi connectivity index (χ0) is 23.8. The van der Waals surface area contributed by atoms with Gasteiger partial charge in [-0.1, -0.05) is 53.4 Å². The van der Waals surface area contributed by atoms with Gasteiger partial charge in [-0.25, -0.2) is 9.59 Å². The highest BCUT2D eigenvalue weighted by atomic mass is 32.2. The lowest BCUT2D eigenvalue weighted by Gasteiger charge is -2.45. The van der Waals surface area contributed by atoms with Crippen LogP contribution in [0, 0.1) is 6.92 Å². The van der Waals surface area contributed by atoms with Crippen molar-refractivity contribution in [2.45, 2.75) is 33.2 Å². The van der Waals surface area contributed by atoms with E-state index in [1.54, 1.807) is 17.9 Å². The van der Waals surface area contributed by atoms with E-state index in [1.807, 2.05) is 39.0 Å². The maximum atomic E-state index is 13.0. The van der Waals surface area contributed by atoms with Crippen LogP contribution in [0.3, 0.4) is 0 Å². The molecule has 0 unspecified atom stereocenters. The molecule has 9 heteroatoms. The quantitative estimate of drug-likeness (QED) is 0.342. The zero-order valence-electron chi connectivity index (χ0n) is 18.6. The SMILES string of the molecule is C/C=C/C(=O)N1c2ccc(C)cc2C(=C2SC(C(=O)OC)=C(C(=O)OC)S2)C(=S)C1(C)C. The topological polar surface area (TPSA) is 72.9 Å². The zero-order valence-corrected chi connectivity index (χ0v) is 21.0. The van der Waals surface area contributed by atoms with Gasteiger partial charge < -0.3 is 9.47 Å². The Kier molecular flexibility index (Phi) is 7.02. The van der Waals surface area contributed by atoms with Crippen LogP contribution in [0.25, 0.3) is 5.57 Å². The molecule has 3 rings (SSSR count). The number of hydrogen-bond acceptors (Lipinski definition) is 8. The number of benzene rings is 1. The van der Waals surface area contributed by atoms with E-state index in [2.05, 4.69) is 0 Å². The summed E-state index contributed by atoms with van der Waals surface area (Å²) in [5.74, 6) is -1.41. The van der Waals surface area contributed by atoms with Crippen molar-refractivity contribution in [3.63, 3.8) is 0 Å². The molecule has 0 N–H and O–H groups in total. The fourth-order valence-electron chi connectivity index (χ4n) is 3.55. The van der Waals surface area contributed by atoms with E-state index in [1.165, 1.54) is 20.3 Å². The third-order valence-corrected chi connectivity index (χ3v) is 8.34. The summed E-state index contributed by atoms with van der Waals surface area (Å²) in [6.07, 6.45) is 3.21. The Morgan fingerprint density at radius 3 is 2.12 bits per heavy atom. The lowest BCUT2D eigenvalue weighted by Crippen LogP contribution is -2.55. The number of carbonyl (C=O) groups excluding carboxylic acids is 3. The molecule has 1 aromatic rings. The summed E-state index contributed by atoms with van der Waals surface area (Å²) in [5.41, 5.74) is 2.38. The molecule has 32 heavy (non-hydrogen) atoms. The van der Waals surface area contributed by atoms with E-state index in [-0.39, 0.29) is 15.7 Å². The Hall–Kier alpha value is -2.36. The van der Waals surface area contributed by atoms with Gasteiger partial charge in [-0.15, -0.1) is 0 Å². The number of rotatable bonds is 3. The van der Waals surface area contributed by atoms with Gasteiger partial charge in [0, 0.05) is 11.1 Å². The monoisotopic (exact) mass is 489 g/mol. The van der Waals surface area contributed by atoms with Crippen LogP contribution < -0.4 is 4.90 Å². The Labute approximate surface area is 201 Å². The number of anilines is 1. The van der Waals surface area contributed by atoms with Gasteiger partial charge in [-0.3, -0.25) is 9.69 Å². The molecule has 2 heterocycles. The van der Waals surface area contributed by atoms with Crippen LogP contribution in [-0.2, 0) is 23.9 Å². The Bertz CT molecular complexity index is 1100. The summed E-state index contributed by atoms with van der Waals surface area (Å²) in [4.78, 5) is 40.3. The second kappa shape index (κ2) is 9.25. The van der Waals surface area contributed by atoms with Gasteiger partial charge in [0.25, 0.3) is 5.91 Å². The second-order valence-corrected chi connectivity index (χ2v) is 10.3. The fraction of sp³-hybridized carbons (Fsp3) is 0.304. The molecule has 0 fully saturated rings. The first-order chi connectivity index (χ1) is 15.1. The lowest BCUT2D eigenvalue weighted by atomic mass is 9.82. The van der Waals surface area contributed by atoms with Crippen molar-refractivity contribution in [3.05, 3.63) is 55.5 Å². The molecule has 0 saturated carbocycles. The molecule has 1 amide bonds. The number of thioether (sulfide) groups is 2. The molecule has 0 radical (unpaired) electrons. The number of methoxy groups -OCH3 is 2. The van der Waals surface area contributed by atoms with Gasteiger partial charge in [0.05, 0.1) is 34.5 Å². The summed E-state index contributed by atoms with van der Waals surface area (Å²) < 4.78 is 10.4. The molecular formula is C23H23NO5S3. The third-order valence-electron chi connectivity index (χ3n) is 5.08. The molecule has 0 atom stereocenters. The number of ether oxygens (including phenoxy) is 2. The van der Waals surface area contributed by atoms with Gasteiger partial charge in [0.2, 0.25) is 0 Å². The van der Waals surface area contributed by atoms with Gasteiger partial charge >= 0.3 is 11.9 Å². The van der Waals surface area contributed by atoms with Crippen LogP contribution in [0.5, 0.6) is 0 Å². The van der Waals surface area contributed by atoms with E-state index >= 15 is 0 Å². The van der Waals surface area contributed by atoms with Crippen LogP contribution in [0.15, 0.2) is 44.4 Å². The third kappa shape index (κ3) is 4.04. The number of nitrogens with zero attached hydrogens (tertiary/aromatic N) is 1. The second-order valence-electron chi connectivity index (χ2n) is 7.59. The van der Waals surface area contributed by atoms with E-state index in [9.17, 15) is 14.4 Å². The molecular weight excluding hydrogens is 466 g/mol. The summed E-state index contributed by atoms with van der Waals surface area (Å²) in [5, 5.41) is 0. The van der Waals surface area contributed by atoms with Crippen molar-refractivity contribution < 1.29 is 23.9 Å². The minimum Gasteiger partial charge on any atom is -0.465 e. The number of carbonyl (C=O) groups is 3. The average molecular weight is 490 g/mol. The van der Waals surface area contributed by atoms with Crippen molar-refractivity contribution in [1.29, 1.82) is 0 Å².